The first-order chi connectivity index (χ1) is 10.8. The Labute approximate surface area is 127 Å². The van der Waals surface area contributed by atoms with Gasteiger partial charge in [0.15, 0.2) is 0 Å². The van der Waals surface area contributed by atoms with E-state index in [1.165, 1.54) is 0 Å². The van der Waals surface area contributed by atoms with Gasteiger partial charge in [-0.3, -0.25) is 5.10 Å². The molecule has 5 heteroatoms. The second-order valence-corrected chi connectivity index (χ2v) is 5.38. The fourth-order valence-electron chi connectivity index (χ4n) is 2.90. The normalized spacial score (nSPS) is 11.5. The lowest BCUT2D eigenvalue weighted by molar-refractivity contribution is 0.278. The fraction of sp³-hybridized carbons (Fsp3) is 0.118. The SMILES string of the molecule is Nc1ccc2[nH]nc(-c3ccc4c(ccn4CCO)c3)c2c1. The van der Waals surface area contributed by atoms with Gasteiger partial charge in [-0.05, 0) is 36.4 Å². The number of nitrogen functional groups attached to an aromatic ring is 1. The van der Waals surface area contributed by atoms with Crippen LogP contribution < -0.4 is 5.73 Å². The number of aromatic nitrogens is 3. The summed E-state index contributed by atoms with van der Waals surface area (Å²) in [6.45, 7) is 0.736. The number of hydrogen-bond acceptors (Lipinski definition) is 3. The molecular weight excluding hydrogens is 276 g/mol. The summed E-state index contributed by atoms with van der Waals surface area (Å²) in [4.78, 5) is 0. The fourth-order valence-corrected chi connectivity index (χ4v) is 2.90. The maximum atomic E-state index is 9.10. The largest absolute Gasteiger partial charge is 0.399 e. The van der Waals surface area contributed by atoms with E-state index in [-0.39, 0.29) is 6.61 Å². The summed E-state index contributed by atoms with van der Waals surface area (Å²) in [5.41, 5.74) is 10.6. The van der Waals surface area contributed by atoms with Crippen molar-refractivity contribution >= 4 is 27.5 Å². The van der Waals surface area contributed by atoms with Crippen molar-refractivity contribution in [1.29, 1.82) is 0 Å². The van der Waals surface area contributed by atoms with Crippen LogP contribution >= 0.6 is 0 Å². The molecule has 110 valence electrons. The van der Waals surface area contributed by atoms with E-state index in [1.54, 1.807) is 0 Å². The number of nitrogens with zero attached hydrogens (tertiary/aromatic N) is 2. The molecule has 0 saturated heterocycles. The van der Waals surface area contributed by atoms with Gasteiger partial charge < -0.3 is 15.4 Å². The third kappa shape index (κ3) is 1.95. The van der Waals surface area contributed by atoms with Crippen molar-refractivity contribution in [3.63, 3.8) is 0 Å². The Morgan fingerprint density at radius 1 is 1.14 bits per heavy atom. The van der Waals surface area contributed by atoms with Gasteiger partial charge in [0.05, 0.1) is 17.8 Å². The molecular formula is C17H16N4O. The maximum Gasteiger partial charge on any atom is 0.1000 e. The lowest BCUT2D eigenvalue weighted by Gasteiger charge is -2.04. The number of aliphatic hydroxyl groups excluding tert-OH is 1. The van der Waals surface area contributed by atoms with E-state index in [4.69, 9.17) is 10.8 Å². The monoisotopic (exact) mass is 292 g/mol. The molecule has 5 nitrogen and oxygen atoms in total. The molecule has 0 aliphatic rings. The third-order valence-corrected chi connectivity index (χ3v) is 3.97. The number of rotatable bonds is 3. The van der Waals surface area contributed by atoms with Crippen LogP contribution in [-0.2, 0) is 6.54 Å². The highest BCUT2D eigenvalue weighted by molar-refractivity contribution is 5.97. The number of aromatic amines is 1. The smallest absolute Gasteiger partial charge is 0.1000 e. The van der Waals surface area contributed by atoms with Crippen molar-refractivity contribution in [2.45, 2.75) is 6.54 Å². The number of nitrogens with one attached hydrogen (secondary N) is 1. The van der Waals surface area contributed by atoms with E-state index in [0.717, 1.165) is 38.8 Å². The Morgan fingerprint density at radius 3 is 2.91 bits per heavy atom. The number of benzene rings is 2. The highest BCUT2D eigenvalue weighted by atomic mass is 16.3. The first-order valence-electron chi connectivity index (χ1n) is 7.20. The molecule has 0 bridgehead atoms. The van der Waals surface area contributed by atoms with Crippen molar-refractivity contribution in [3.05, 3.63) is 48.7 Å². The van der Waals surface area contributed by atoms with Gasteiger partial charge in [0.1, 0.15) is 0 Å². The number of nitrogens with two attached hydrogens (primary N) is 1. The number of fused-ring (bicyclic) bond motifs is 2. The van der Waals surface area contributed by atoms with Crippen LogP contribution in [0.5, 0.6) is 0 Å². The van der Waals surface area contributed by atoms with Gasteiger partial charge in [-0.1, -0.05) is 6.07 Å². The lowest BCUT2D eigenvalue weighted by Crippen LogP contribution is -1.99. The Balaban J connectivity index is 1.87. The molecule has 0 atom stereocenters. The zero-order chi connectivity index (χ0) is 15.1. The number of H-pyrrole nitrogens is 1. The van der Waals surface area contributed by atoms with E-state index in [1.807, 2.05) is 29.0 Å². The Morgan fingerprint density at radius 2 is 2.05 bits per heavy atom. The Hall–Kier alpha value is -2.79. The predicted molar refractivity (Wildman–Crippen MR) is 88.5 cm³/mol. The molecule has 22 heavy (non-hydrogen) atoms. The Bertz CT molecular complexity index is 967. The van der Waals surface area contributed by atoms with Crippen LogP contribution in [0.3, 0.4) is 0 Å². The molecule has 2 aromatic carbocycles. The van der Waals surface area contributed by atoms with Crippen molar-refractivity contribution < 1.29 is 5.11 Å². The topological polar surface area (TPSA) is 79.9 Å². The number of hydrogen-bond donors (Lipinski definition) is 3. The molecule has 2 heterocycles. The lowest BCUT2D eigenvalue weighted by atomic mass is 10.1. The minimum absolute atomic E-state index is 0.134. The van der Waals surface area contributed by atoms with E-state index in [0.29, 0.717) is 6.54 Å². The molecule has 0 aliphatic heterocycles. The minimum atomic E-state index is 0.134. The summed E-state index contributed by atoms with van der Waals surface area (Å²) in [5, 5.41) is 18.7. The Kier molecular flexibility index (Phi) is 2.87. The average molecular weight is 292 g/mol. The van der Waals surface area contributed by atoms with Crippen LogP contribution in [0.4, 0.5) is 5.69 Å². The summed E-state index contributed by atoms with van der Waals surface area (Å²) in [7, 11) is 0. The molecule has 4 N–H and O–H groups in total. The minimum Gasteiger partial charge on any atom is -0.399 e. The second-order valence-electron chi connectivity index (χ2n) is 5.38. The summed E-state index contributed by atoms with van der Waals surface area (Å²) < 4.78 is 2.04. The van der Waals surface area contributed by atoms with Gasteiger partial charge in [0, 0.05) is 40.3 Å². The van der Waals surface area contributed by atoms with Crippen LogP contribution in [0.25, 0.3) is 33.1 Å². The molecule has 0 fully saturated rings. The summed E-state index contributed by atoms with van der Waals surface area (Å²) in [6.07, 6.45) is 1.99. The van der Waals surface area contributed by atoms with E-state index >= 15 is 0 Å². The number of aliphatic hydroxyl groups is 1. The van der Waals surface area contributed by atoms with Gasteiger partial charge in [-0.15, -0.1) is 0 Å². The zero-order valence-corrected chi connectivity index (χ0v) is 12.0. The van der Waals surface area contributed by atoms with Crippen molar-refractivity contribution in [2.24, 2.45) is 0 Å². The van der Waals surface area contributed by atoms with Crippen molar-refractivity contribution in [1.82, 2.24) is 14.8 Å². The third-order valence-electron chi connectivity index (χ3n) is 3.97. The van der Waals surface area contributed by atoms with E-state index < -0.39 is 0 Å². The van der Waals surface area contributed by atoms with Crippen molar-refractivity contribution in [3.8, 4) is 11.3 Å². The van der Waals surface area contributed by atoms with Crippen molar-refractivity contribution in [2.75, 3.05) is 12.3 Å². The van der Waals surface area contributed by atoms with E-state index in [2.05, 4.69) is 34.5 Å². The number of anilines is 1. The first-order valence-corrected chi connectivity index (χ1v) is 7.20. The molecule has 0 saturated carbocycles. The first kappa shape index (κ1) is 12.9. The van der Waals surface area contributed by atoms with Crippen LogP contribution in [-0.4, -0.2) is 26.5 Å². The molecule has 0 spiro atoms. The predicted octanol–water partition coefficient (Wildman–Crippen LogP) is 2.76. The van der Waals surface area contributed by atoms with Gasteiger partial charge in [-0.25, -0.2) is 0 Å². The second kappa shape index (κ2) is 4.89. The summed E-state index contributed by atoms with van der Waals surface area (Å²) in [5.74, 6) is 0. The highest BCUT2D eigenvalue weighted by Crippen LogP contribution is 2.30. The van der Waals surface area contributed by atoms with Gasteiger partial charge in [-0.2, -0.15) is 5.10 Å². The molecule has 0 amide bonds. The quantitative estimate of drug-likeness (QED) is 0.508. The molecule has 2 aromatic heterocycles. The van der Waals surface area contributed by atoms with Gasteiger partial charge in [0.25, 0.3) is 0 Å². The van der Waals surface area contributed by atoms with Gasteiger partial charge >= 0.3 is 0 Å². The van der Waals surface area contributed by atoms with E-state index in [9.17, 15) is 0 Å². The van der Waals surface area contributed by atoms with Crippen LogP contribution in [0.2, 0.25) is 0 Å². The average Bonchev–Trinajstić information content (AvgIpc) is 3.11. The molecule has 0 aliphatic carbocycles. The molecule has 0 radical (unpaired) electrons. The van der Waals surface area contributed by atoms with Gasteiger partial charge in [0.2, 0.25) is 0 Å². The molecule has 0 unspecified atom stereocenters. The maximum absolute atomic E-state index is 9.10. The zero-order valence-electron chi connectivity index (χ0n) is 12.0. The standard InChI is InChI=1S/C17H16N4O/c18-13-2-3-15-14(10-13)17(20-19-15)12-1-4-16-11(9-12)5-6-21(16)7-8-22/h1-6,9-10,22H,7-8,18H2,(H,19,20). The summed E-state index contributed by atoms with van der Waals surface area (Å²) in [6, 6.07) is 14.0. The molecule has 4 rings (SSSR count). The van der Waals surface area contributed by atoms with Crippen LogP contribution in [0.15, 0.2) is 48.7 Å². The van der Waals surface area contributed by atoms with Crippen LogP contribution in [0.1, 0.15) is 0 Å². The summed E-state index contributed by atoms with van der Waals surface area (Å²) >= 11 is 0. The molecule has 4 aromatic rings. The highest BCUT2D eigenvalue weighted by Gasteiger charge is 2.10. The van der Waals surface area contributed by atoms with Crippen LogP contribution in [0, 0.1) is 0 Å².